The van der Waals surface area contributed by atoms with Gasteiger partial charge in [0.25, 0.3) is 5.91 Å². The van der Waals surface area contributed by atoms with Crippen LogP contribution in [0.2, 0.25) is 0 Å². The minimum absolute atomic E-state index is 0.0973. The fourth-order valence-corrected chi connectivity index (χ4v) is 3.50. The van der Waals surface area contributed by atoms with Gasteiger partial charge in [-0.25, -0.2) is 4.39 Å². The number of nitrogens with one attached hydrogen (secondary N) is 2. The zero-order valence-corrected chi connectivity index (χ0v) is 15.4. The highest BCUT2D eigenvalue weighted by molar-refractivity contribution is 5.94. The second-order valence-electron chi connectivity index (χ2n) is 7.00. The molecule has 7 heteroatoms. The Balaban J connectivity index is 1.29. The number of hydrogen-bond donors (Lipinski definition) is 2. The summed E-state index contributed by atoms with van der Waals surface area (Å²) in [6.45, 7) is 2.31. The number of pyridine rings is 1. The zero-order valence-electron chi connectivity index (χ0n) is 15.4. The average Bonchev–Trinajstić information content (AvgIpc) is 3.24. The van der Waals surface area contributed by atoms with E-state index in [4.69, 9.17) is 0 Å². The number of H-pyrrole nitrogens is 1. The van der Waals surface area contributed by atoms with Crippen molar-refractivity contribution in [1.29, 1.82) is 0 Å². The molecule has 3 aromatic rings. The van der Waals surface area contributed by atoms with E-state index in [-0.39, 0.29) is 11.5 Å². The van der Waals surface area contributed by atoms with Gasteiger partial charge in [0.2, 0.25) is 0 Å². The predicted octanol–water partition coefficient (Wildman–Crippen LogP) is 3.26. The monoisotopic (exact) mass is 379 g/mol. The van der Waals surface area contributed by atoms with Gasteiger partial charge < -0.3 is 10.2 Å². The van der Waals surface area contributed by atoms with Crippen molar-refractivity contribution in [2.75, 3.05) is 24.5 Å². The number of aromatic nitrogens is 3. The summed E-state index contributed by atoms with van der Waals surface area (Å²) in [5, 5.41) is 10.4. The quantitative estimate of drug-likeness (QED) is 0.714. The molecule has 1 aliphatic rings. The van der Waals surface area contributed by atoms with Crippen molar-refractivity contribution in [3.8, 4) is 11.3 Å². The van der Waals surface area contributed by atoms with Gasteiger partial charge in [0.05, 0.1) is 11.3 Å². The highest BCUT2D eigenvalue weighted by Gasteiger charge is 2.22. The molecule has 1 amide bonds. The maximum absolute atomic E-state index is 13.7. The van der Waals surface area contributed by atoms with Crippen LogP contribution in [0.15, 0.2) is 54.9 Å². The van der Waals surface area contributed by atoms with E-state index in [2.05, 4.69) is 31.5 Å². The van der Waals surface area contributed by atoms with E-state index in [9.17, 15) is 9.18 Å². The predicted molar refractivity (Wildman–Crippen MR) is 105 cm³/mol. The molecule has 0 spiro atoms. The second kappa shape index (κ2) is 8.21. The van der Waals surface area contributed by atoms with Crippen LogP contribution in [0.3, 0.4) is 0 Å². The van der Waals surface area contributed by atoms with Crippen LogP contribution in [0, 0.1) is 11.7 Å². The maximum atomic E-state index is 13.7. The van der Waals surface area contributed by atoms with Gasteiger partial charge in [-0.2, -0.15) is 5.10 Å². The number of hydrogen-bond acceptors (Lipinski definition) is 4. The number of carbonyl (C=O) groups excluding carboxylic acids is 1. The number of anilines is 1. The normalized spacial score (nSPS) is 14.8. The Morgan fingerprint density at radius 1 is 1.18 bits per heavy atom. The maximum Gasteiger partial charge on any atom is 0.254 e. The third-order valence-electron chi connectivity index (χ3n) is 5.16. The molecule has 0 unspecified atom stereocenters. The van der Waals surface area contributed by atoms with E-state index >= 15 is 0 Å². The fraction of sp³-hybridized carbons (Fsp3) is 0.286. The number of piperidine rings is 1. The molecule has 2 N–H and O–H groups in total. The Kier molecular flexibility index (Phi) is 5.32. The lowest BCUT2D eigenvalue weighted by atomic mass is 9.96. The van der Waals surface area contributed by atoms with Crippen molar-refractivity contribution < 1.29 is 9.18 Å². The molecule has 144 valence electrons. The van der Waals surface area contributed by atoms with Crippen LogP contribution < -0.4 is 10.2 Å². The molecule has 1 aliphatic heterocycles. The van der Waals surface area contributed by atoms with E-state index in [1.54, 1.807) is 24.5 Å². The second-order valence-corrected chi connectivity index (χ2v) is 7.00. The van der Waals surface area contributed by atoms with Crippen LogP contribution in [0.4, 0.5) is 10.2 Å². The first kappa shape index (κ1) is 18.2. The highest BCUT2D eigenvalue weighted by atomic mass is 19.1. The first-order valence-electron chi connectivity index (χ1n) is 9.44. The summed E-state index contributed by atoms with van der Waals surface area (Å²) in [5.74, 6) is 0.472. The molecule has 1 aromatic carbocycles. The number of carbonyl (C=O) groups is 1. The number of aromatic amines is 1. The molecule has 0 saturated carbocycles. The molecule has 3 heterocycles. The number of nitrogens with zero attached hydrogens (tertiary/aromatic N) is 3. The van der Waals surface area contributed by atoms with Gasteiger partial charge in [-0.3, -0.25) is 14.9 Å². The Morgan fingerprint density at radius 2 is 1.93 bits per heavy atom. The molecule has 2 aromatic heterocycles. The Hall–Kier alpha value is -3.22. The van der Waals surface area contributed by atoms with Crippen molar-refractivity contribution >= 4 is 11.7 Å². The van der Waals surface area contributed by atoms with Gasteiger partial charge in [0.1, 0.15) is 5.82 Å². The van der Waals surface area contributed by atoms with Gasteiger partial charge in [0, 0.05) is 43.7 Å². The summed E-state index contributed by atoms with van der Waals surface area (Å²) in [4.78, 5) is 18.4. The van der Waals surface area contributed by atoms with E-state index < -0.39 is 5.82 Å². The van der Waals surface area contributed by atoms with Gasteiger partial charge >= 0.3 is 0 Å². The Labute approximate surface area is 162 Å². The minimum atomic E-state index is -0.488. The molecule has 1 fully saturated rings. The molecule has 1 saturated heterocycles. The molecule has 4 rings (SSSR count). The molecule has 0 radical (unpaired) electrons. The average molecular weight is 379 g/mol. The molecule has 0 atom stereocenters. The molecular weight excluding hydrogens is 357 g/mol. The van der Waals surface area contributed by atoms with Crippen molar-refractivity contribution in [2.24, 2.45) is 5.92 Å². The van der Waals surface area contributed by atoms with E-state index in [1.807, 2.05) is 12.1 Å². The number of benzene rings is 1. The Bertz CT molecular complexity index is 935. The number of halogens is 1. The molecule has 0 bridgehead atoms. The van der Waals surface area contributed by atoms with Gasteiger partial charge in [0.15, 0.2) is 5.82 Å². The summed E-state index contributed by atoms with van der Waals surface area (Å²) in [7, 11) is 0. The number of rotatable bonds is 5. The number of amides is 1. The van der Waals surface area contributed by atoms with Gasteiger partial charge in [-0.15, -0.1) is 0 Å². The smallest absolute Gasteiger partial charge is 0.254 e. The topological polar surface area (TPSA) is 73.9 Å². The van der Waals surface area contributed by atoms with Crippen molar-refractivity contribution in [2.45, 2.75) is 12.8 Å². The van der Waals surface area contributed by atoms with Crippen LogP contribution in [0.25, 0.3) is 11.3 Å². The Morgan fingerprint density at radius 3 is 2.68 bits per heavy atom. The first-order chi connectivity index (χ1) is 13.7. The molecule has 28 heavy (non-hydrogen) atoms. The van der Waals surface area contributed by atoms with Crippen LogP contribution in [-0.4, -0.2) is 40.7 Å². The third kappa shape index (κ3) is 4.03. The first-order valence-corrected chi connectivity index (χ1v) is 9.44. The summed E-state index contributed by atoms with van der Waals surface area (Å²) in [6.07, 6.45) is 5.43. The fourth-order valence-electron chi connectivity index (χ4n) is 3.50. The van der Waals surface area contributed by atoms with Crippen molar-refractivity contribution in [3.63, 3.8) is 0 Å². The SMILES string of the molecule is O=C(NCC1CCN(c2cc(-c3ccncc3)[nH]n2)CC1)c1ccccc1F. The van der Waals surface area contributed by atoms with Crippen LogP contribution in [0.5, 0.6) is 0 Å². The van der Waals surface area contributed by atoms with Gasteiger partial charge in [-0.1, -0.05) is 12.1 Å². The standard InChI is InChI=1S/C21H22FN5O/c22-18-4-2-1-3-17(18)21(28)24-14-15-7-11-27(12-8-15)20-13-19(25-26-20)16-5-9-23-10-6-16/h1-6,9-10,13,15H,7-8,11-12,14H2,(H,24,28)(H,25,26). The highest BCUT2D eigenvalue weighted by Crippen LogP contribution is 2.25. The summed E-state index contributed by atoms with van der Waals surface area (Å²) >= 11 is 0. The zero-order chi connectivity index (χ0) is 19.3. The summed E-state index contributed by atoms with van der Waals surface area (Å²) in [5.41, 5.74) is 2.12. The van der Waals surface area contributed by atoms with Crippen LogP contribution >= 0.6 is 0 Å². The lowest BCUT2D eigenvalue weighted by Crippen LogP contribution is -2.39. The van der Waals surface area contributed by atoms with Crippen molar-refractivity contribution in [3.05, 3.63) is 66.2 Å². The minimum Gasteiger partial charge on any atom is -0.355 e. The molecular formula is C21H22FN5O. The molecule has 0 aliphatic carbocycles. The van der Waals surface area contributed by atoms with E-state index in [0.29, 0.717) is 12.5 Å². The molecule has 6 nitrogen and oxygen atoms in total. The van der Waals surface area contributed by atoms with Crippen LogP contribution in [0.1, 0.15) is 23.2 Å². The largest absolute Gasteiger partial charge is 0.355 e. The van der Waals surface area contributed by atoms with Gasteiger partial charge in [-0.05, 0) is 43.0 Å². The van der Waals surface area contributed by atoms with Crippen molar-refractivity contribution in [1.82, 2.24) is 20.5 Å². The lowest BCUT2D eigenvalue weighted by Gasteiger charge is -2.32. The lowest BCUT2D eigenvalue weighted by molar-refractivity contribution is 0.0941. The van der Waals surface area contributed by atoms with E-state index in [1.165, 1.54) is 12.1 Å². The van der Waals surface area contributed by atoms with E-state index in [0.717, 1.165) is 43.0 Å². The summed E-state index contributed by atoms with van der Waals surface area (Å²) < 4.78 is 13.7. The third-order valence-corrected chi connectivity index (χ3v) is 5.16. The van der Waals surface area contributed by atoms with Crippen LogP contribution in [-0.2, 0) is 0 Å². The summed E-state index contributed by atoms with van der Waals surface area (Å²) in [6, 6.07) is 12.0.